The molecule has 166 valence electrons. The second kappa shape index (κ2) is 10.7. The second-order valence-electron chi connectivity index (χ2n) is 8.47. The van der Waals surface area contributed by atoms with Gasteiger partial charge in [0.05, 0.1) is 5.56 Å². The quantitative estimate of drug-likeness (QED) is 0.467. The lowest BCUT2D eigenvalue weighted by molar-refractivity contribution is 0.0955. The highest BCUT2D eigenvalue weighted by Gasteiger charge is 2.12. The fraction of sp³-hybridized carbons (Fsp3) is 0.296. The molecule has 0 unspecified atom stereocenters. The van der Waals surface area contributed by atoms with Crippen molar-refractivity contribution < 1.29 is 4.79 Å². The molecule has 0 saturated carbocycles. The monoisotopic (exact) mass is 447 g/mol. The number of hydrogen-bond acceptors (Lipinski definition) is 3. The molecule has 0 spiro atoms. The highest BCUT2D eigenvalue weighted by atomic mass is 35.5. The molecule has 32 heavy (non-hydrogen) atoms. The number of benzene rings is 3. The molecule has 3 aromatic rings. The number of rotatable bonds is 7. The minimum absolute atomic E-state index is 0.146. The number of halogens is 1. The van der Waals surface area contributed by atoms with Crippen molar-refractivity contribution in [1.29, 1.82) is 0 Å². The van der Waals surface area contributed by atoms with Crippen molar-refractivity contribution in [2.75, 3.05) is 25.4 Å². The van der Waals surface area contributed by atoms with Gasteiger partial charge in [0.25, 0.3) is 5.91 Å². The van der Waals surface area contributed by atoms with Crippen molar-refractivity contribution in [3.63, 3.8) is 0 Å². The van der Waals surface area contributed by atoms with Gasteiger partial charge in [-0.2, -0.15) is 0 Å². The van der Waals surface area contributed by atoms with E-state index in [-0.39, 0.29) is 5.91 Å². The van der Waals surface area contributed by atoms with E-state index < -0.39 is 0 Å². The zero-order valence-corrected chi connectivity index (χ0v) is 19.1. The van der Waals surface area contributed by atoms with Crippen LogP contribution in [0.15, 0.2) is 66.7 Å². The lowest BCUT2D eigenvalue weighted by Gasteiger charge is -2.26. The number of likely N-dealkylation sites (tertiary alicyclic amines) is 1. The SMILES string of the molecule is Nc1cc(-c2ccc(Cl)cc2)ccc1C(=O)NCCc1ccc(CN2CCCCC2)cc1. The zero-order chi connectivity index (χ0) is 22.3. The molecule has 0 aliphatic carbocycles. The first-order valence-electron chi connectivity index (χ1n) is 11.3. The predicted octanol–water partition coefficient (Wildman–Crippen LogP) is 5.55. The Morgan fingerprint density at radius 3 is 2.22 bits per heavy atom. The minimum Gasteiger partial charge on any atom is -0.398 e. The van der Waals surface area contributed by atoms with Gasteiger partial charge in [0, 0.05) is 23.8 Å². The third-order valence-corrected chi connectivity index (χ3v) is 6.30. The van der Waals surface area contributed by atoms with Gasteiger partial charge in [-0.1, -0.05) is 60.5 Å². The molecule has 5 heteroatoms. The van der Waals surface area contributed by atoms with E-state index in [4.69, 9.17) is 17.3 Å². The van der Waals surface area contributed by atoms with E-state index in [1.165, 1.54) is 43.5 Å². The van der Waals surface area contributed by atoms with Crippen molar-refractivity contribution >= 4 is 23.2 Å². The van der Waals surface area contributed by atoms with E-state index in [9.17, 15) is 4.79 Å². The first kappa shape index (κ1) is 22.4. The molecule has 0 radical (unpaired) electrons. The van der Waals surface area contributed by atoms with E-state index in [0.29, 0.717) is 22.8 Å². The molecule has 1 fully saturated rings. The van der Waals surface area contributed by atoms with E-state index in [1.54, 1.807) is 6.07 Å². The summed E-state index contributed by atoms with van der Waals surface area (Å²) in [5, 5.41) is 3.68. The van der Waals surface area contributed by atoms with Gasteiger partial charge in [0.1, 0.15) is 0 Å². The number of nitrogens with one attached hydrogen (secondary N) is 1. The van der Waals surface area contributed by atoms with Crippen LogP contribution in [0.2, 0.25) is 5.02 Å². The highest BCUT2D eigenvalue weighted by molar-refractivity contribution is 6.30. The van der Waals surface area contributed by atoms with Crippen LogP contribution in [0, 0.1) is 0 Å². The van der Waals surface area contributed by atoms with Crippen LogP contribution < -0.4 is 11.1 Å². The Bertz CT molecular complexity index is 1040. The fourth-order valence-corrected chi connectivity index (χ4v) is 4.32. The predicted molar refractivity (Wildman–Crippen MR) is 133 cm³/mol. The molecule has 4 rings (SSSR count). The van der Waals surface area contributed by atoms with Crippen molar-refractivity contribution in [2.24, 2.45) is 0 Å². The summed E-state index contributed by atoms with van der Waals surface area (Å²) in [6, 6.07) is 21.8. The van der Waals surface area contributed by atoms with Crippen molar-refractivity contribution in [2.45, 2.75) is 32.2 Å². The molecule has 1 heterocycles. The van der Waals surface area contributed by atoms with Crippen molar-refractivity contribution in [1.82, 2.24) is 10.2 Å². The Morgan fingerprint density at radius 2 is 1.53 bits per heavy atom. The number of nitrogens with zero attached hydrogens (tertiary/aromatic N) is 1. The van der Waals surface area contributed by atoms with Gasteiger partial charge in [0.15, 0.2) is 0 Å². The smallest absolute Gasteiger partial charge is 0.253 e. The second-order valence-corrected chi connectivity index (χ2v) is 8.90. The molecule has 0 aromatic heterocycles. The third-order valence-electron chi connectivity index (χ3n) is 6.05. The molecule has 1 aliphatic heterocycles. The average molecular weight is 448 g/mol. The number of anilines is 1. The molecule has 1 aliphatic rings. The van der Waals surface area contributed by atoms with E-state index >= 15 is 0 Å². The van der Waals surface area contributed by atoms with Crippen LogP contribution in [0.5, 0.6) is 0 Å². The van der Waals surface area contributed by atoms with Crippen LogP contribution >= 0.6 is 11.6 Å². The Morgan fingerprint density at radius 1 is 0.875 bits per heavy atom. The van der Waals surface area contributed by atoms with E-state index in [0.717, 1.165) is 24.1 Å². The van der Waals surface area contributed by atoms with Gasteiger partial charge in [-0.15, -0.1) is 0 Å². The van der Waals surface area contributed by atoms with Gasteiger partial charge >= 0.3 is 0 Å². The summed E-state index contributed by atoms with van der Waals surface area (Å²) in [5.74, 6) is -0.146. The summed E-state index contributed by atoms with van der Waals surface area (Å²) in [5.41, 5.74) is 11.7. The molecule has 3 N–H and O–H groups in total. The summed E-state index contributed by atoms with van der Waals surface area (Å²) in [6.07, 6.45) is 4.77. The minimum atomic E-state index is -0.146. The first-order valence-corrected chi connectivity index (χ1v) is 11.7. The van der Waals surface area contributed by atoms with Crippen LogP contribution in [0.3, 0.4) is 0 Å². The van der Waals surface area contributed by atoms with Crippen LogP contribution in [-0.2, 0) is 13.0 Å². The first-order chi connectivity index (χ1) is 15.6. The normalized spacial score (nSPS) is 14.3. The lowest BCUT2D eigenvalue weighted by Crippen LogP contribution is -2.29. The maximum Gasteiger partial charge on any atom is 0.253 e. The van der Waals surface area contributed by atoms with Gasteiger partial charge in [-0.05, 0) is 78.9 Å². The summed E-state index contributed by atoms with van der Waals surface area (Å²) in [6.45, 7) is 4.01. The molecular formula is C27H30ClN3O. The van der Waals surface area contributed by atoms with Gasteiger partial charge in [-0.25, -0.2) is 0 Å². The van der Waals surface area contributed by atoms with Gasteiger partial charge in [0.2, 0.25) is 0 Å². The fourth-order valence-electron chi connectivity index (χ4n) is 4.19. The van der Waals surface area contributed by atoms with Crippen LogP contribution in [0.25, 0.3) is 11.1 Å². The highest BCUT2D eigenvalue weighted by Crippen LogP contribution is 2.25. The average Bonchev–Trinajstić information content (AvgIpc) is 2.81. The van der Waals surface area contributed by atoms with Crippen LogP contribution in [-0.4, -0.2) is 30.4 Å². The lowest BCUT2D eigenvalue weighted by atomic mass is 10.0. The summed E-state index contributed by atoms with van der Waals surface area (Å²) in [4.78, 5) is 15.1. The van der Waals surface area contributed by atoms with Crippen molar-refractivity contribution in [3.8, 4) is 11.1 Å². The zero-order valence-electron chi connectivity index (χ0n) is 18.3. The Kier molecular flexibility index (Phi) is 7.46. The molecule has 0 atom stereocenters. The number of carbonyl (C=O) groups excluding carboxylic acids is 1. The number of amides is 1. The van der Waals surface area contributed by atoms with Crippen LogP contribution in [0.4, 0.5) is 5.69 Å². The third kappa shape index (κ3) is 5.90. The number of nitrogens with two attached hydrogens (primary N) is 1. The summed E-state index contributed by atoms with van der Waals surface area (Å²) >= 11 is 5.96. The topological polar surface area (TPSA) is 58.4 Å². The van der Waals surface area contributed by atoms with Gasteiger partial charge in [-0.3, -0.25) is 9.69 Å². The summed E-state index contributed by atoms with van der Waals surface area (Å²) < 4.78 is 0. The largest absolute Gasteiger partial charge is 0.398 e. The Hall–Kier alpha value is -2.82. The van der Waals surface area contributed by atoms with Gasteiger partial charge < -0.3 is 11.1 Å². The Balaban J connectivity index is 1.28. The standard InChI is InChI=1S/C27H30ClN3O/c28-24-11-8-22(9-12-24)23-10-13-25(26(29)18-23)27(32)30-15-14-20-4-6-21(7-5-20)19-31-16-2-1-3-17-31/h4-13,18H,1-3,14-17,19,29H2,(H,30,32). The Labute approximate surface area is 195 Å². The number of hydrogen-bond donors (Lipinski definition) is 2. The summed E-state index contributed by atoms with van der Waals surface area (Å²) in [7, 11) is 0. The van der Waals surface area contributed by atoms with Crippen molar-refractivity contribution in [3.05, 3.63) is 88.4 Å². The maximum atomic E-state index is 12.6. The maximum absolute atomic E-state index is 12.6. The molecule has 3 aromatic carbocycles. The molecule has 1 saturated heterocycles. The van der Waals surface area contributed by atoms with Crippen LogP contribution in [0.1, 0.15) is 40.7 Å². The number of nitrogen functional groups attached to an aromatic ring is 1. The molecular weight excluding hydrogens is 418 g/mol. The molecule has 4 nitrogen and oxygen atoms in total. The molecule has 0 bridgehead atoms. The molecule has 1 amide bonds. The van der Waals surface area contributed by atoms with E-state index in [2.05, 4.69) is 34.5 Å². The number of piperidine rings is 1. The number of carbonyl (C=O) groups is 1. The van der Waals surface area contributed by atoms with E-state index in [1.807, 2.05) is 36.4 Å².